The molecule has 1 aliphatic rings. The number of likely N-dealkylation sites (N-methyl/N-ethyl adjacent to an activating group) is 1. The molecule has 1 aliphatic heterocycles. The summed E-state index contributed by atoms with van der Waals surface area (Å²) in [5, 5.41) is 2.59. The average molecular weight is 345 g/mol. The highest BCUT2D eigenvalue weighted by Gasteiger charge is 2.25. The lowest BCUT2D eigenvalue weighted by molar-refractivity contribution is -0.0506. The Kier molecular flexibility index (Phi) is 6.30. The van der Waals surface area contributed by atoms with Crippen molar-refractivity contribution in [3.8, 4) is 5.75 Å². The van der Waals surface area contributed by atoms with Crippen LogP contribution in [0.4, 0.5) is 18.0 Å². The first-order valence-corrected chi connectivity index (χ1v) is 7.80. The van der Waals surface area contributed by atoms with E-state index in [1.165, 1.54) is 12.1 Å². The smallest absolute Gasteiger partial charge is 0.387 e. The van der Waals surface area contributed by atoms with Crippen LogP contribution >= 0.6 is 0 Å². The molecule has 1 N–H and O–H groups in total. The molecule has 0 aromatic heterocycles. The Morgan fingerprint density at radius 3 is 2.88 bits per heavy atom. The highest BCUT2D eigenvalue weighted by Crippen LogP contribution is 2.23. The Morgan fingerprint density at radius 2 is 2.21 bits per heavy atom. The topological polar surface area (TPSA) is 44.8 Å². The van der Waals surface area contributed by atoms with Crippen molar-refractivity contribution in [2.24, 2.45) is 0 Å². The molecule has 8 heteroatoms. The minimum Gasteiger partial charge on any atom is -0.434 e. The molecule has 1 aromatic carbocycles. The fraction of sp³-hybridized carbons (Fsp3) is 0.562. The summed E-state index contributed by atoms with van der Waals surface area (Å²) in [6.45, 7) is -2.06. The summed E-state index contributed by atoms with van der Waals surface area (Å²) in [4.78, 5) is 16.0. The third-order valence-corrected chi connectivity index (χ3v) is 4.12. The lowest BCUT2D eigenvalue weighted by atomic mass is 10.1. The second kappa shape index (κ2) is 8.23. The SMILES string of the molecule is CN(C)C1CCCN(C(=O)NCc2c(F)cccc2OC(F)F)C1. The van der Waals surface area contributed by atoms with Crippen LogP contribution in [-0.4, -0.2) is 55.7 Å². The van der Waals surface area contributed by atoms with Gasteiger partial charge in [0.15, 0.2) is 0 Å². The number of piperidine rings is 1. The number of amides is 2. The van der Waals surface area contributed by atoms with Crippen molar-refractivity contribution in [1.29, 1.82) is 0 Å². The van der Waals surface area contributed by atoms with Gasteiger partial charge >= 0.3 is 12.6 Å². The standard InChI is InChI=1S/C16H22F3N3O2/c1-21(2)11-5-4-8-22(10-11)16(23)20-9-12-13(17)6-3-7-14(12)24-15(18)19/h3,6-7,11,15H,4-5,8-10H2,1-2H3,(H,20,23). The number of likely N-dealkylation sites (tertiary alicyclic amines) is 1. The molecule has 134 valence electrons. The van der Waals surface area contributed by atoms with Crippen LogP contribution in [0.5, 0.6) is 5.75 Å². The summed E-state index contributed by atoms with van der Waals surface area (Å²) < 4.78 is 43.0. The van der Waals surface area contributed by atoms with E-state index in [2.05, 4.69) is 15.0 Å². The Morgan fingerprint density at radius 1 is 1.46 bits per heavy atom. The van der Waals surface area contributed by atoms with Crippen LogP contribution in [0.1, 0.15) is 18.4 Å². The summed E-state index contributed by atoms with van der Waals surface area (Å²) >= 11 is 0. The fourth-order valence-corrected chi connectivity index (χ4v) is 2.75. The number of carbonyl (C=O) groups excluding carboxylic acids is 1. The lowest BCUT2D eigenvalue weighted by Gasteiger charge is -2.36. The molecule has 0 bridgehead atoms. The van der Waals surface area contributed by atoms with Crippen molar-refractivity contribution in [3.63, 3.8) is 0 Å². The molecule has 0 aliphatic carbocycles. The van der Waals surface area contributed by atoms with E-state index in [0.29, 0.717) is 13.1 Å². The van der Waals surface area contributed by atoms with Gasteiger partial charge in [-0.05, 0) is 39.1 Å². The number of carbonyl (C=O) groups is 1. The van der Waals surface area contributed by atoms with E-state index in [9.17, 15) is 18.0 Å². The first kappa shape index (κ1) is 18.4. The van der Waals surface area contributed by atoms with Crippen molar-refractivity contribution < 1.29 is 22.7 Å². The van der Waals surface area contributed by atoms with E-state index in [4.69, 9.17) is 0 Å². The quantitative estimate of drug-likeness (QED) is 0.892. The highest BCUT2D eigenvalue weighted by atomic mass is 19.3. The summed E-state index contributed by atoms with van der Waals surface area (Å²) in [6, 6.07) is 3.61. The van der Waals surface area contributed by atoms with E-state index in [1.54, 1.807) is 4.90 Å². The molecule has 1 aromatic rings. The van der Waals surface area contributed by atoms with Gasteiger partial charge in [0.2, 0.25) is 0 Å². The Hall–Kier alpha value is -1.96. The van der Waals surface area contributed by atoms with Crippen LogP contribution in [0.15, 0.2) is 18.2 Å². The van der Waals surface area contributed by atoms with Gasteiger partial charge in [-0.2, -0.15) is 8.78 Å². The van der Waals surface area contributed by atoms with Gasteiger partial charge in [-0.3, -0.25) is 0 Å². The Labute approximate surface area is 139 Å². The molecule has 0 spiro atoms. The molecule has 1 heterocycles. The summed E-state index contributed by atoms with van der Waals surface area (Å²) in [5.41, 5.74) is -0.0904. The normalized spacial score (nSPS) is 18.1. The third kappa shape index (κ3) is 4.77. The monoisotopic (exact) mass is 345 g/mol. The fourth-order valence-electron chi connectivity index (χ4n) is 2.75. The molecule has 0 radical (unpaired) electrons. The van der Waals surface area contributed by atoms with E-state index >= 15 is 0 Å². The maximum atomic E-state index is 13.9. The van der Waals surface area contributed by atoms with Gasteiger partial charge in [-0.25, -0.2) is 9.18 Å². The van der Waals surface area contributed by atoms with Crippen LogP contribution in [0.25, 0.3) is 0 Å². The van der Waals surface area contributed by atoms with Crippen LogP contribution in [-0.2, 0) is 6.54 Å². The van der Waals surface area contributed by atoms with Crippen molar-refractivity contribution in [1.82, 2.24) is 15.1 Å². The molecular formula is C16H22F3N3O2. The maximum absolute atomic E-state index is 13.9. The first-order chi connectivity index (χ1) is 11.4. The number of nitrogens with one attached hydrogen (secondary N) is 1. The zero-order valence-electron chi connectivity index (χ0n) is 13.8. The number of benzene rings is 1. The van der Waals surface area contributed by atoms with E-state index in [0.717, 1.165) is 18.9 Å². The maximum Gasteiger partial charge on any atom is 0.387 e. The summed E-state index contributed by atoms with van der Waals surface area (Å²) in [7, 11) is 3.92. The van der Waals surface area contributed by atoms with Gasteiger partial charge in [0.05, 0.1) is 6.54 Å². The van der Waals surface area contributed by atoms with Gasteiger partial charge in [0, 0.05) is 24.7 Å². The molecule has 1 saturated heterocycles. The van der Waals surface area contributed by atoms with Crippen LogP contribution < -0.4 is 10.1 Å². The van der Waals surface area contributed by atoms with Gasteiger partial charge in [-0.1, -0.05) is 6.07 Å². The molecule has 1 unspecified atom stereocenters. The van der Waals surface area contributed by atoms with Gasteiger partial charge in [-0.15, -0.1) is 0 Å². The largest absolute Gasteiger partial charge is 0.434 e. The predicted octanol–water partition coefficient (Wildman–Crippen LogP) is 2.66. The second-order valence-corrected chi connectivity index (χ2v) is 5.96. The Balaban J connectivity index is 1.99. The number of urea groups is 1. The number of ether oxygens (including phenoxy) is 1. The van der Waals surface area contributed by atoms with Gasteiger partial charge < -0.3 is 19.9 Å². The number of alkyl halides is 2. The van der Waals surface area contributed by atoms with Crippen LogP contribution in [0, 0.1) is 5.82 Å². The van der Waals surface area contributed by atoms with Crippen molar-refractivity contribution in [2.75, 3.05) is 27.2 Å². The number of nitrogens with zero attached hydrogens (tertiary/aromatic N) is 2. The second-order valence-electron chi connectivity index (χ2n) is 5.96. The number of hydrogen-bond donors (Lipinski definition) is 1. The van der Waals surface area contributed by atoms with Gasteiger partial charge in [0.25, 0.3) is 0 Å². The molecule has 1 fully saturated rings. The minimum absolute atomic E-state index is 0.0904. The minimum atomic E-state index is -3.05. The van der Waals surface area contributed by atoms with E-state index < -0.39 is 12.4 Å². The number of rotatable bonds is 5. The molecule has 2 rings (SSSR count). The zero-order valence-corrected chi connectivity index (χ0v) is 13.8. The molecule has 1 atom stereocenters. The van der Waals surface area contributed by atoms with E-state index in [-0.39, 0.29) is 29.9 Å². The molecule has 2 amide bonds. The summed E-state index contributed by atoms with van der Waals surface area (Å²) in [5.74, 6) is -0.964. The molecule has 0 saturated carbocycles. The highest BCUT2D eigenvalue weighted by molar-refractivity contribution is 5.74. The van der Waals surface area contributed by atoms with Crippen molar-refractivity contribution in [2.45, 2.75) is 32.0 Å². The molecular weight excluding hydrogens is 323 g/mol. The number of halogens is 3. The Bertz CT molecular complexity index is 569. The van der Waals surface area contributed by atoms with Crippen molar-refractivity contribution >= 4 is 6.03 Å². The van der Waals surface area contributed by atoms with Gasteiger partial charge in [0.1, 0.15) is 11.6 Å². The average Bonchev–Trinajstić information content (AvgIpc) is 2.53. The molecule has 5 nitrogen and oxygen atoms in total. The summed E-state index contributed by atoms with van der Waals surface area (Å²) in [6.07, 6.45) is 1.90. The lowest BCUT2D eigenvalue weighted by Crippen LogP contribution is -2.50. The van der Waals surface area contributed by atoms with Crippen LogP contribution in [0.3, 0.4) is 0 Å². The van der Waals surface area contributed by atoms with E-state index in [1.807, 2.05) is 14.1 Å². The zero-order chi connectivity index (χ0) is 17.7. The third-order valence-electron chi connectivity index (χ3n) is 4.12. The predicted molar refractivity (Wildman–Crippen MR) is 83.5 cm³/mol. The number of hydrogen-bond acceptors (Lipinski definition) is 3. The first-order valence-electron chi connectivity index (χ1n) is 7.80. The molecule has 24 heavy (non-hydrogen) atoms. The van der Waals surface area contributed by atoms with Crippen molar-refractivity contribution in [3.05, 3.63) is 29.6 Å². The van der Waals surface area contributed by atoms with Crippen LogP contribution in [0.2, 0.25) is 0 Å².